The molecule has 0 unspecified atom stereocenters. The minimum atomic E-state index is -0.0960. The molecular formula is C15H17ClN2O. The Kier molecular flexibility index (Phi) is 4.05. The highest BCUT2D eigenvalue weighted by molar-refractivity contribution is 6.35. The van der Waals surface area contributed by atoms with E-state index in [1.165, 1.54) is 0 Å². The predicted octanol–water partition coefficient (Wildman–Crippen LogP) is 3.62. The lowest BCUT2D eigenvalue weighted by Gasteiger charge is -2.19. The molecule has 1 amide bonds. The quantitative estimate of drug-likeness (QED) is 0.858. The molecule has 19 heavy (non-hydrogen) atoms. The van der Waals surface area contributed by atoms with Crippen LogP contribution in [0.1, 0.15) is 24.3 Å². The molecule has 100 valence electrons. The van der Waals surface area contributed by atoms with Crippen LogP contribution in [-0.2, 0) is 0 Å². The lowest BCUT2D eigenvalue weighted by molar-refractivity contribution is 0.0774. The largest absolute Gasteiger partial charge is 0.340 e. The van der Waals surface area contributed by atoms with Crippen LogP contribution in [0.25, 0.3) is 10.9 Å². The Hall–Kier alpha value is -1.61. The second-order valence-electron chi connectivity index (χ2n) is 5.09. The standard InChI is InChI=1S/C15H17ClN2O/c1-10(2)9-18(3)15(19)14-8-12(16)11-6-4-5-7-13(11)17-14/h4-8,10H,9H2,1-3H3. The lowest BCUT2D eigenvalue weighted by Crippen LogP contribution is -2.30. The van der Waals surface area contributed by atoms with Crippen LogP contribution in [0.2, 0.25) is 5.02 Å². The van der Waals surface area contributed by atoms with Crippen LogP contribution in [0.4, 0.5) is 0 Å². The van der Waals surface area contributed by atoms with Gasteiger partial charge < -0.3 is 4.90 Å². The Balaban J connectivity index is 2.38. The third-order valence-electron chi connectivity index (χ3n) is 2.87. The van der Waals surface area contributed by atoms with Crippen molar-refractivity contribution in [2.24, 2.45) is 5.92 Å². The summed E-state index contributed by atoms with van der Waals surface area (Å²) in [6.45, 7) is 4.85. The molecule has 0 spiro atoms. The molecule has 0 aliphatic heterocycles. The van der Waals surface area contributed by atoms with Crippen LogP contribution in [0.15, 0.2) is 30.3 Å². The first-order valence-electron chi connectivity index (χ1n) is 6.30. The van der Waals surface area contributed by atoms with E-state index in [1.54, 1.807) is 18.0 Å². The van der Waals surface area contributed by atoms with Crippen LogP contribution in [-0.4, -0.2) is 29.4 Å². The van der Waals surface area contributed by atoms with E-state index in [4.69, 9.17) is 11.6 Å². The van der Waals surface area contributed by atoms with Gasteiger partial charge in [0.05, 0.1) is 10.5 Å². The monoisotopic (exact) mass is 276 g/mol. The van der Waals surface area contributed by atoms with Gasteiger partial charge in [-0.25, -0.2) is 4.98 Å². The lowest BCUT2D eigenvalue weighted by atomic mass is 10.1. The molecule has 0 radical (unpaired) electrons. The first-order valence-corrected chi connectivity index (χ1v) is 6.67. The van der Waals surface area contributed by atoms with E-state index >= 15 is 0 Å². The van der Waals surface area contributed by atoms with Crippen LogP contribution in [0.3, 0.4) is 0 Å². The zero-order valence-corrected chi connectivity index (χ0v) is 12.1. The van der Waals surface area contributed by atoms with Crippen LogP contribution in [0.5, 0.6) is 0 Å². The summed E-state index contributed by atoms with van der Waals surface area (Å²) in [5.74, 6) is 0.325. The number of fused-ring (bicyclic) bond motifs is 1. The zero-order valence-electron chi connectivity index (χ0n) is 11.4. The maximum atomic E-state index is 12.3. The Bertz CT molecular complexity index is 610. The first-order chi connectivity index (χ1) is 8.99. The summed E-state index contributed by atoms with van der Waals surface area (Å²) < 4.78 is 0. The van der Waals surface area contributed by atoms with Gasteiger partial charge >= 0.3 is 0 Å². The van der Waals surface area contributed by atoms with Gasteiger partial charge in [-0.05, 0) is 18.1 Å². The summed E-state index contributed by atoms with van der Waals surface area (Å²) in [5.41, 5.74) is 1.14. The van der Waals surface area contributed by atoms with Crippen molar-refractivity contribution >= 4 is 28.4 Å². The predicted molar refractivity (Wildman–Crippen MR) is 78.6 cm³/mol. The van der Waals surface area contributed by atoms with Gasteiger partial charge in [-0.15, -0.1) is 0 Å². The molecule has 1 heterocycles. The molecule has 4 heteroatoms. The highest BCUT2D eigenvalue weighted by Gasteiger charge is 2.16. The third-order valence-corrected chi connectivity index (χ3v) is 3.18. The van der Waals surface area contributed by atoms with Crippen LogP contribution >= 0.6 is 11.6 Å². The van der Waals surface area contributed by atoms with Gasteiger partial charge in [-0.3, -0.25) is 4.79 Å². The Labute approximate surface area is 118 Å². The zero-order chi connectivity index (χ0) is 14.0. The van der Waals surface area contributed by atoms with E-state index in [2.05, 4.69) is 18.8 Å². The molecule has 0 aliphatic carbocycles. The third kappa shape index (κ3) is 3.04. The summed E-state index contributed by atoms with van der Waals surface area (Å²) >= 11 is 6.21. The first kappa shape index (κ1) is 13.8. The van der Waals surface area contributed by atoms with Gasteiger partial charge in [-0.1, -0.05) is 43.6 Å². The van der Waals surface area contributed by atoms with Crippen molar-refractivity contribution in [1.82, 2.24) is 9.88 Å². The minimum Gasteiger partial charge on any atom is -0.340 e. The molecule has 0 saturated carbocycles. The summed E-state index contributed by atoms with van der Waals surface area (Å²) in [6, 6.07) is 9.19. The van der Waals surface area contributed by atoms with Crippen molar-refractivity contribution in [2.45, 2.75) is 13.8 Å². The molecule has 3 nitrogen and oxygen atoms in total. The van der Waals surface area contributed by atoms with Gasteiger partial charge in [0.1, 0.15) is 5.69 Å². The van der Waals surface area contributed by atoms with Crippen molar-refractivity contribution < 1.29 is 4.79 Å². The van der Waals surface area contributed by atoms with E-state index in [0.717, 1.165) is 10.9 Å². The fraction of sp³-hybridized carbons (Fsp3) is 0.333. The molecule has 1 aromatic heterocycles. The van der Waals surface area contributed by atoms with Gasteiger partial charge in [0.15, 0.2) is 0 Å². The smallest absolute Gasteiger partial charge is 0.272 e. The molecular weight excluding hydrogens is 260 g/mol. The summed E-state index contributed by atoms with van der Waals surface area (Å²) in [7, 11) is 1.78. The molecule has 0 aliphatic rings. The molecule has 0 fully saturated rings. The molecule has 0 saturated heterocycles. The van der Waals surface area contributed by atoms with E-state index in [0.29, 0.717) is 23.2 Å². The number of rotatable bonds is 3. The Morgan fingerprint density at radius 2 is 2.05 bits per heavy atom. The van der Waals surface area contributed by atoms with Gasteiger partial charge in [0.2, 0.25) is 0 Å². The van der Waals surface area contributed by atoms with Crippen molar-refractivity contribution in [3.8, 4) is 0 Å². The summed E-state index contributed by atoms with van der Waals surface area (Å²) in [5, 5.41) is 1.43. The highest BCUT2D eigenvalue weighted by Crippen LogP contribution is 2.23. The van der Waals surface area contributed by atoms with E-state index < -0.39 is 0 Å². The fourth-order valence-electron chi connectivity index (χ4n) is 2.07. The summed E-state index contributed by atoms with van der Waals surface area (Å²) in [4.78, 5) is 18.3. The second-order valence-corrected chi connectivity index (χ2v) is 5.49. The number of halogens is 1. The number of carbonyl (C=O) groups excluding carboxylic acids is 1. The van der Waals surface area contributed by atoms with Crippen molar-refractivity contribution in [2.75, 3.05) is 13.6 Å². The molecule has 1 aromatic carbocycles. The number of para-hydroxylation sites is 1. The number of hydrogen-bond acceptors (Lipinski definition) is 2. The SMILES string of the molecule is CC(C)CN(C)C(=O)c1cc(Cl)c2ccccc2n1. The number of hydrogen-bond donors (Lipinski definition) is 0. The number of nitrogens with zero attached hydrogens (tertiary/aromatic N) is 2. The molecule has 2 aromatic rings. The molecule has 2 rings (SSSR count). The fourth-order valence-corrected chi connectivity index (χ4v) is 2.33. The number of amides is 1. The highest BCUT2D eigenvalue weighted by atomic mass is 35.5. The molecule has 0 N–H and O–H groups in total. The van der Waals surface area contributed by atoms with E-state index in [1.807, 2.05) is 24.3 Å². The van der Waals surface area contributed by atoms with E-state index in [9.17, 15) is 4.79 Å². The van der Waals surface area contributed by atoms with E-state index in [-0.39, 0.29) is 5.91 Å². The number of carbonyl (C=O) groups is 1. The van der Waals surface area contributed by atoms with Gasteiger partial charge in [0.25, 0.3) is 5.91 Å². The number of pyridine rings is 1. The Morgan fingerprint density at radius 3 is 2.74 bits per heavy atom. The molecule has 0 atom stereocenters. The van der Waals surface area contributed by atoms with Crippen molar-refractivity contribution in [1.29, 1.82) is 0 Å². The van der Waals surface area contributed by atoms with Crippen LogP contribution in [0, 0.1) is 5.92 Å². The minimum absolute atomic E-state index is 0.0960. The van der Waals surface area contributed by atoms with Gasteiger partial charge in [0, 0.05) is 19.0 Å². The van der Waals surface area contributed by atoms with Crippen LogP contribution < -0.4 is 0 Å². The number of benzene rings is 1. The number of aromatic nitrogens is 1. The van der Waals surface area contributed by atoms with Crippen molar-refractivity contribution in [3.05, 3.63) is 41.0 Å². The topological polar surface area (TPSA) is 33.2 Å². The molecule has 0 bridgehead atoms. The van der Waals surface area contributed by atoms with Crippen molar-refractivity contribution in [3.63, 3.8) is 0 Å². The maximum absolute atomic E-state index is 12.3. The summed E-state index contributed by atoms with van der Waals surface area (Å²) in [6.07, 6.45) is 0. The average molecular weight is 277 g/mol. The van der Waals surface area contributed by atoms with Gasteiger partial charge in [-0.2, -0.15) is 0 Å². The normalized spacial score (nSPS) is 11.0. The average Bonchev–Trinajstić information content (AvgIpc) is 2.37. The maximum Gasteiger partial charge on any atom is 0.272 e. The Morgan fingerprint density at radius 1 is 1.37 bits per heavy atom. The second kappa shape index (κ2) is 5.57.